The van der Waals surface area contributed by atoms with Crippen LogP contribution < -0.4 is 5.32 Å². The van der Waals surface area contributed by atoms with Crippen molar-refractivity contribution in [3.05, 3.63) is 35.9 Å². The molecule has 2 aliphatic rings. The molecule has 0 aromatic heterocycles. The average Bonchev–Trinajstić information content (AvgIpc) is 2.92. The number of rotatable bonds is 3. The number of ether oxygens (including phenoxy) is 2. The molecule has 0 radical (unpaired) electrons. The molecule has 0 spiro atoms. The molecule has 1 aromatic carbocycles. The molecule has 1 aromatic rings. The molecule has 2 fully saturated rings. The second-order valence-electron chi connectivity index (χ2n) is 8.16. The summed E-state index contributed by atoms with van der Waals surface area (Å²) in [6.07, 6.45) is -0.0464. The normalized spacial score (nSPS) is 26.7. The molecule has 152 valence electrons. The number of carbonyl (C=O) groups excluding carboxylic acids is 3. The lowest BCUT2D eigenvalue weighted by atomic mass is 9.85. The van der Waals surface area contributed by atoms with Gasteiger partial charge >= 0.3 is 12.2 Å². The zero-order valence-corrected chi connectivity index (χ0v) is 18.3. The Kier molecular flexibility index (Phi) is 6.16. The topological polar surface area (TPSA) is 84.9 Å². The van der Waals surface area contributed by atoms with E-state index in [1.165, 1.54) is 4.90 Å². The number of fused-ring (bicyclic) bond motifs is 2. The molecule has 1 saturated heterocycles. The molecule has 28 heavy (non-hydrogen) atoms. The third-order valence-corrected chi connectivity index (χ3v) is 6.21. The minimum atomic E-state index is -0.673. The fourth-order valence-electron chi connectivity index (χ4n) is 3.63. The van der Waals surface area contributed by atoms with Gasteiger partial charge in [0.2, 0.25) is 5.91 Å². The number of nitrogens with one attached hydrogen (secondary N) is 1. The van der Waals surface area contributed by atoms with Gasteiger partial charge in [0.25, 0.3) is 0 Å². The van der Waals surface area contributed by atoms with Crippen molar-refractivity contribution < 1.29 is 23.9 Å². The van der Waals surface area contributed by atoms with E-state index in [2.05, 4.69) is 27.9 Å². The zero-order valence-electron chi connectivity index (χ0n) is 16.2. The van der Waals surface area contributed by atoms with Crippen LogP contribution in [0.25, 0.3) is 0 Å². The first-order valence-corrected chi connectivity index (χ1v) is 10.6. The predicted molar refractivity (Wildman–Crippen MR) is 111 cm³/mol. The molecule has 2 bridgehead atoms. The molecule has 4 atom stereocenters. The van der Waals surface area contributed by atoms with Gasteiger partial charge in [0.05, 0.1) is 12.0 Å². The number of likely N-dealkylation sites (tertiary alicyclic amines) is 1. The largest absolute Gasteiger partial charge is 0.445 e. The number of alkyl halides is 1. The van der Waals surface area contributed by atoms with Crippen LogP contribution in [0.15, 0.2) is 30.3 Å². The summed E-state index contributed by atoms with van der Waals surface area (Å²) in [5.41, 5.74) is 0.217. The molecule has 1 saturated carbocycles. The molecular weight excluding hydrogens is 475 g/mol. The first-order valence-electron chi connectivity index (χ1n) is 9.33. The van der Waals surface area contributed by atoms with Crippen molar-refractivity contribution in [2.24, 2.45) is 5.92 Å². The smallest absolute Gasteiger partial charge is 0.417 e. The van der Waals surface area contributed by atoms with Crippen LogP contribution in [0, 0.1) is 5.92 Å². The van der Waals surface area contributed by atoms with Crippen molar-refractivity contribution in [2.45, 2.75) is 61.8 Å². The van der Waals surface area contributed by atoms with Crippen molar-refractivity contribution in [3.63, 3.8) is 0 Å². The molecule has 1 N–H and O–H groups in total. The first-order chi connectivity index (χ1) is 13.2. The van der Waals surface area contributed by atoms with E-state index >= 15 is 0 Å². The number of carbonyl (C=O) groups is 3. The van der Waals surface area contributed by atoms with Crippen LogP contribution in [0.2, 0.25) is 0 Å². The number of imide groups is 1. The molecule has 1 aliphatic carbocycles. The SMILES string of the molecule is CC(C)(C)OC(=O)N1C(=O)[C@@H]2C[C@@H]1[C@@H](I)C[C@@H]2NC(=O)OCc1ccccc1. The van der Waals surface area contributed by atoms with Gasteiger partial charge in [-0.2, -0.15) is 0 Å². The van der Waals surface area contributed by atoms with E-state index in [1.807, 2.05) is 30.3 Å². The lowest BCUT2D eigenvalue weighted by Crippen LogP contribution is -2.47. The quantitative estimate of drug-likeness (QED) is 0.506. The summed E-state index contributed by atoms with van der Waals surface area (Å²) >= 11 is 2.24. The maximum Gasteiger partial charge on any atom is 0.417 e. The van der Waals surface area contributed by atoms with Crippen LogP contribution in [-0.4, -0.2) is 44.6 Å². The molecule has 3 rings (SSSR count). The maximum atomic E-state index is 12.9. The van der Waals surface area contributed by atoms with Gasteiger partial charge in [0.1, 0.15) is 12.2 Å². The van der Waals surface area contributed by atoms with E-state index in [-0.39, 0.29) is 28.5 Å². The van der Waals surface area contributed by atoms with Crippen LogP contribution in [0.4, 0.5) is 9.59 Å². The second-order valence-corrected chi connectivity index (χ2v) is 9.76. The molecular formula is C20H25IN2O5. The highest BCUT2D eigenvalue weighted by atomic mass is 127. The van der Waals surface area contributed by atoms with Crippen LogP contribution in [0.5, 0.6) is 0 Å². The number of alkyl carbamates (subject to hydrolysis) is 1. The van der Waals surface area contributed by atoms with Crippen molar-refractivity contribution in [1.82, 2.24) is 10.2 Å². The van der Waals surface area contributed by atoms with Gasteiger partial charge in [-0.3, -0.25) is 4.79 Å². The fourth-order valence-corrected chi connectivity index (χ4v) is 4.79. The molecule has 7 nitrogen and oxygen atoms in total. The molecule has 3 amide bonds. The third-order valence-electron chi connectivity index (χ3n) is 4.87. The summed E-state index contributed by atoms with van der Waals surface area (Å²) in [5, 5.41) is 2.82. The monoisotopic (exact) mass is 500 g/mol. The van der Waals surface area contributed by atoms with Gasteiger partial charge < -0.3 is 14.8 Å². The Morgan fingerprint density at radius 1 is 1.21 bits per heavy atom. The van der Waals surface area contributed by atoms with Gasteiger partial charge in [-0.1, -0.05) is 52.9 Å². The number of hydrogen-bond donors (Lipinski definition) is 1. The Bertz CT molecular complexity index is 749. The molecule has 0 unspecified atom stereocenters. The standard InChI is InChI=1S/C20H25IN2O5/c1-20(2,3)28-19(26)23-16-9-13(17(23)24)15(10-14(16)21)22-18(25)27-11-12-7-5-4-6-8-12/h4-8,13-16H,9-11H2,1-3H3,(H,22,25)/t13-,14+,15+,16-/m1/s1. The summed E-state index contributed by atoms with van der Waals surface area (Å²) in [6.45, 7) is 5.48. The van der Waals surface area contributed by atoms with E-state index < -0.39 is 23.7 Å². The Labute approximate surface area is 178 Å². The highest BCUT2D eigenvalue weighted by molar-refractivity contribution is 14.1. The third kappa shape index (κ3) is 4.76. The van der Waals surface area contributed by atoms with E-state index in [0.29, 0.717) is 12.8 Å². The Morgan fingerprint density at radius 3 is 2.54 bits per heavy atom. The number of hydrogen-bond acceptors (Lipinski definition) is 5. The lowest BCUT2D eigenvalue weighted by Gasteiger charge is -2.32. The van der Waals surface area contributed by atoms with Gasteiger partial charge in [-0.15, -0.1) is 0 Å². The predicted octanol–water partition coefficient (Wildman–Crippen LogP) is 3.64. The van der Waals surface area contributed by atoms with Crippen molar-refractivity contribution in [3.8, 4) is 0 Å². The summed E-state index contributed by atoms with van der Waals surface area (Å²) in [4.78, 5) is 38.8. The Balaban J connectivity index is 1.62. The molecule has 1 aliphatic heterocycles. The van der Waals surface area contributed by atoms with Crippen molar-refractivity contribution in [1.29, 1.82) is 0 Å². The van der Waals surface area contributed by atoms with Gasteiger partial charge in [-0.25, -0.2) is 14.5 Å². The number of amides is 3. The number of nitrogens with zero attached hydrogens (tertiary/aromatic N) is 1. The van der Waals surface area contributed by atoms with Gasteiger partial charge in [0.15, 0.2) is 0 Å². The van der Waals surface area contributed by atoms with Crippen LogP contribution in [-0.2, 0) is 20.9 Å². The summed E-state index contributed by atoms with van der Waals surface area (Å²) in [5.74, 6) is -0.723. The van der Waals surface area contributed by atoms with E-state index in [9.17, 15) is 14.4 Å². The molecule has 8 heteroatoms. The number of benzene rings is 1. The van der Waals surface area contributed by atoms with Gasteiger partial charge in [-0.05, 0) is 39.2 Å². The highest BCUT2D eigenvalue weighted by Gasteiger charge is 2.54. The lowest BCUT2D eigenvalue weighted by molar-refractivity contribution is -0.131. The van der Waals surface area contributed by atoms with Crippen molar-refractivity contribution in [2.75, 3.05) is 0 Å². The van der Waals surface area contributed by atoms with E-state index in [0.717, 1.165) is 5.56 Å². The van der Waals surface area contributed by atoms with Gasteiger partial charge in [0, 0.05) is 9.97 Å². The average molecular weight is 500 g/mol. The Morgan fingerprint density at radius 2 is 1.89 bits per heavy atom. The van der Waals surface area contributed by atoms with Crippen LogP contribution in [0.1, 0.15) is 39.2 Å². The minimum Gasteiger partial charge on any atom is -0.445 e. The van der Waals surface area contributed by atoms with Crippen molar-refractivity contribution >= 4 is 40.7 Å². The fraction of sp³-hybridized carbons (Fsp3) is 0.550. The second kappa shape index (κ2) is 8.26. The summed E-state index contributed by atoms with van der Waals surface area (Å²) in [7, 11) is 0. The molecule has 1 heterocycles. The van der Waals surface area contributed by atoms with Crippen LogP contribution >= 0.6 is 22.6 Å². The zero-order chi connectivity index (χ0) is 20.5. The highest BCUT2D eigenvalue weighted by Crippen LogP contribution is 2.41. The summed E-state index contributed by atoms with van der Waals surface area (Å²) in [6, 6.07) is 8.83. The van der Waals surface area contributed by atoms with E-state index in [1.54, 1.807) is 20.8 Å². The van der Waals surface area contributed by atoms with E-state index in [4.69, 9.17) is 9.47 Å². The summed E-state index contributed by atoms with van der Waals surface area (Å²) < 4.78 is 10.7. The van der Waals surface area contributed by atoms with Crippen LogP contribution in [0.3, 0.4) is 0 Å². The Hall–Kier alpha value is -1.84. The number of halogens is 1. The maximum absolute atomic E-state index is 12.9. The first kappa shape index (κ1) is 20.9. The minimum absolute atomic E-state index is 0.0345.